The van der Waals surface area contributed by atoms with Gasteiger partial charge in [-0.1, -0.05) is 6.07 Å². The van der Waals surface area contributed by atoms with Crippen molar-refractivity contribution in [1.29, 1.82) is 0 Å². The summed E-state index contributed by atoms with van der Waals surface area (Å²) in [6.45, 7) is 4.40. The van der Waals surface area contributed by atoms with E-state index < -0.39 is 11.7 Å². The third-order valence-corrected chi connectivity index (χ3v) is 4.58. The first kappa shape index (κ1) is 20.0. The Labute approximate surface area is 160 Å². The maximum Gasteiger partial charge on any atom is 0.419 e. The van der Waals surface area contributed by atoms with Crippen LogP contribution < -0.4 is 11.3 Å². The third kappa shape index (κ3) is 4.22. The lowest BCUT2D eigenvalue weighted by atomic mass is 10.0. The molecule has 3 aromatic rings. The highest BCUT2D eigenvalue weighted by molar-refractivity contribution is 5.88. The molecule has 0 amide bonds. The van der Waals surface area contributed by atoms with Gasteiger partial charge in [-0.3, -0.25) is 4.79 Å². The highest BCUT2D eigenvalue weighted by Gasteiger charge is 2.31. The summed E-state index contributed by atoms with van der Waals surface area (Å²) >= 11 is 0. The zero-order chi connectivity index (χ0) is 20.5. The van der Waals surface area contributed by atoms with Crippen LogP contribution in [-0.2, 0) is 12.7 Å². The highest BCUT2D eigenvalue weighted by Crippen LogP contribution is 2.29. The van der Waals surface area contributed by atoms with Gasteiger partial charge in [0.05, 0.1) is 5.56 Å². The normalized spacial score (nSPS) is 13.1. The molecular weight excluding hydrogens is 369 g/mol. The molecule has 2 aromatic heterocycles. The number of rotatable bonds is 5. The Morgan fingerprint density at radius 1 is 1.18 bits per heavy atom. The Morgan fingerprint density at radius 3 is 2.46 bits per heavy atom. The molecule has 5 nitrogen and oxygen atoms in total. The number of nitrogens with zero attached hydrogens (tertiary/aromatic N) is 3. The fourth-order valence-electron chi connectivity index (χ4n) is 3.09. The van der Waals surface area contributed by atoms with E-state index in [9.17, 15) is 18.0 Å². The van der Waals surface area contributed by atoms with Gasteiger partial charge >= 0.3 is 6.18 Å². The van der Waals surface area contributed by atoms with Gasteiger partial charge in [0.25, 0.3) is 5.56 Å². The largest absolute Gasteiger partial charge is 0.419 e. The van der Waals surface area contributed by atoms with Crippen LogP contribution in [0.5, 0.6) is 0 Å². The molecule has 0 aliphatic rings. The number of hydrogen-bond acceptors (Lipinski definition) is 4. The summed E-state index contributed by atoms with van der Waals surface area (Å²) < 4.78 is 39.7. The molecule has 2 N–H and O–H groups in total. The quantitative estimate of drug-likeness (QED) is 0.717. The second-order valence-electron chi connectivity index (χ2n) is 6.98. The molecule has 0 fully saturated rings. The maximum absolute atomic E-state index is 12.7. The van der Waals surface area contributed by atoms with Gasteiger partial charge in [-0.05, 0) is 49.8 Å². The number of alkyl halides is 3. The van der Waals surface area contributed by atoms with Crippen LogP contribution in [0.3, 0.4) is 0 Å². The zero-order valence-corrected chi connectivity index (χ0v) is 15.6. The van der Waals surface area contributed by atoms with E-state index in [1.54, 1.807) is 29.0 Å². The Morgan fingerprint density at radius 2 is 1.86 bits per heavy atom. The van der Waals surface area contributed by atoms with Crippen LogP contribution in [0.4, 0.5) is 13.2 Å². The average Bonchev–Trinajstić information content (AvgIpc) is 2.64. The number of benzene rings is 1. The molecule has 0 unspecified atom stereocenters. The standard InChI is InChI=1S/C20H21F3N4O/c1-12-11-27(7-3-4-13(2)24)19(28)16-6-5-14(8-17(12)16)18-25-9-15(10-26-18)20(21,22)23/h5-6,8-11,13H,3-4,7,24H2,1-2H3/t13-/m0/s1. The highest BCUT2D eigenvalue weighted by atomic mass is 19.4. The summed E-state index contributed by atoms with van der Waals surface area (Å²) in [4.78, 5) is 20.4. The van der Waals surface area contributed by atoms with Gasteiger partial charge in [0.2, 0.25) is 0 Å². The van der Waals surface area contributed by atoms with Crippen LogP contribution in [0.2, 0.25) is 0 Å². The molecule has 0 aliphatic heterocycles. The molecule has 0 saturated heterocycles. The molecule has 0 aliphatic carbocycles. The molecular formula is C20H21F3N4O. The molecule has 1 atom stereocenters. The van der Waals surface area contributed by atoms with Gasteiger partial charge in [-0.25, -0.2) is 9.97 Å². The number of hydrogen-bond donors (Lipinski definition) is 1. The Balaban J connectivity index is 1.96. The summed E-state index contributed by atoms with van der Waals surface area (Å²) in [5, 5.41) is 1.28. The second-order valence-corrected chi connectivity index (χ2v) is 6.98. The molecule has 2 heterocycles. The minimum atomic E-state index is -4.48. The van der Waals surface area contributed by atoms with Crippen molar-refractivity contribution in [3.05, 3.63) is 58.3 Å². The maximum atomic E-state index is 12.7. The zero-order valence-electron chi connectivity index (χ0n) is 15.6. The number of pyridine rings is 1. The van der Waals surface area contributed by atoms with Crippen molar-refractivity contribution >= 4 is 10.8 Å². The van der Waals surface area contributed by atoms with Gasteiger partial charge in [-0.15, -0.1) is 0 Å². The minimum absolute atomic E-state index is 0.0866. The van der Waals surface area contributed by atoms with Crippen molar-refractivity contribution in [3.63, 3.8) is 0 Å². The number of aromatic nitrogens is 3. The molecule has 8 heteroatoms. The summed E-state index contributed by atoms with van der Waals surface area (Å²) in [5.41, 5.74) is 6.20. The summed E-state index contributed by atoms with van der Waals surface area (Å²) in [5.74, 6) is 0.176. The van der Waals surface area contributed by atoms with E-state index in [1.807, 2.05) is 13.8 Å². The van der Waals surface area contributed by atoms with Gasteiger partial charge in [0, 0.05) is 42.1 Å². The van der Waals surface area contributed by atoms with Crippen molar-refractivity contribution in [3.8, 4) is 11.4 Å². The number of fused-ring (bicyclic) bond motifs is 1. The van der Waals surface area contributed by atoms with Gasteiger partial charge in [0.1, 0.15) is 0 Å². The molecule has 3 rings (SSSR count). The number of halogens is 3. The SMILES string of the molecule is Cc1cn(CCC[C@H](C)N)c(=O)c2ccc(-c3ncc(C(F)(F)F)cn3)cc12. The Bertz CT molecular complexity index is 1040. The van der Waals surface area contributed by atoms with Crippen LogP contribution >= 0.6 is 0 Å². The lowest BCUT2D eigenvalue weighted by Crippen LogP contribution is -2.22. The Kier molecular flexibility index (Phi) is 5.51. The van der Waals surface area contributed by atoms with E-state index >= 15 is 0 Å². The molecule has 0 saturated carbocycles. The third-order valence-electron chi connectivity index (χ3n) is 4.58. The number of nitrogens with two attached hydrogens (primary N) is 1. The summed E-state index contributed by atoms with van der Waals surface area (Å²) in [7, 11) is 0. The predicted octanol–water partition coefficient (Wildman–Crippen LogP) is 3.91. The van der Waals surface area contributed by atoms with E-state index in [-0.39, 0.29) is 17.4 Å². The predicted molar refractivity (Wildman–Crippen MR) is 102 cm³/mol. The smallest absolute Gasteiger partial charge is 0.328 e. The Hall–Kier alpha value is -2.74. The first-order valence-corrected chi connectivity index (χ1v) is 8.96. The van der Waals surface area contributed by atoms with Crippen LogP contribution in [0.25, 0.3) is 22.2 Å². The van der Waals surface area contributed by atoms with Gasteiger partial charge < -0.3 is 10.3 Å². The van der Waals surface area contributed by atoms with Crippen molar-refractivity contribution < 1.29 is 13.2 Å². The van der Waals surface area contributed by atoms with E-state index in [4.69, 9.17) is 5.73 Å². The van der Waals surface area contributed by atoms with Crippen LogP contribution in [0.15, 0.2) is 41.6 Å². The average molecular weight is 390 g/mol. The fraction of sp³-hybridized carbons (Fsp3) is 0.350. The number of aryl methyl sites for hydroxylation is 2. The van der Waals surface area contributed by atoms with Crippen molar-refractivity contribution in [2.75, 3.05) is 0 Å². The molecule has 148 valence electrons. The van der Waals surface area contributed by atoms with Gasteiger partial charge in [0.15, 0.2) is 5.82 Å². The molecule has 28 heavy (non-hydrogen) atoms. The lowest BCUT2D eigenvalue weighted by Gasteiger charge is -2.12. The molecule has 0 bridgehead atoms. The van der Waals surface area contributed by atoms with Crippen LogP contribution in [0, 0.1) is 6.92 Å². The topological polar surface area (TPSA) is 73.8 Å². The lowest BCUT2D eigenvalue weighted by molar-refractivity contribution is -0.138. The fourth-order valence-corrected chi connectivity index (χ4v) is 3.09. The first-order chi connectivity index (χ1) is 13.2. The second kappa shape index (κ2) is 7.71. The van der Waals surface area contributed by atoms with E-state index in [2.05, 4.69) is 9.97 Å². The van der Waals surface area contributed by atoms with Crippen molar-refractivity contribution in [2.24, 2.45) is 5.73 Å². The van der Waals surface area contributed by atoms with Gasteiger partial charge in [-0.2, -0.15) is 13.2 Å². The monoisotopic (exact) mass is 390 g/mol. The summed E-state index contributed by atoms with van der Waals surface area (Å²) in [6, 6.07) is 5.14. The van der Waals surface area contributed by atoms with Crippen LogP contribution in [-0.4, -0.2) is 20.6 Å². The molecule has 0 spiro atoms. The minimum Gasteiger partial charge on any atom is -0.328 e. The van der Waals surface area contributed by atoms with Crippen LogP contribution in [0.1, 0.15) is 30.9 Å². The molecule has 0 radical (unpaired) electrons. The first-order valence-electron chi connectivity index (χ1n) is 8.96. The van der Waals surface area contributed by atoms with E-state index in [1.165, 1.54) is 0 Å². The van der Waals surface area contributed by atoms with Crippen molar-refractivity contribution in [1.82, 2.24) is 14.5 Å². The molecule has 1 aromatic carbocycles. The van der Waals surface area contributed by atoms with E-state index in [0.29, 0.717) is 17.5 Å². The van der Waals surface area contributed by atoms with E-state index in [0.717, 1.165) is 36.2 Å². The van der Waals surface area contributed by atoms with Crippen molar-refractivity contribution in [2.45, 2.75) is 45.5 Å². The summed E-state index contributed by atoms with van der Waals surface area (Å²) in [6.07, 6.45) is 0.466.